The van der Waals surface area contributed by atoms with Gasteiger partial charge in [-0.15, -0.1) is 0 Å². The number of hydrogen-bond acceptors (Lipinski definition) is 4. The Kier molecular flexibility index (Phi) is 4.90. The molecule has 0 bridgehead atoms. The molecule has 0 saturated carbocycles. The van der Waals surface area contributed by atoms with Gasteiger partial charge in [0.2, 0.25) is 5.91 Å². The van der Waals surface area contributed by atoms with Gasteiger partial charge < -0.3 is 15.9 Å². The van der Waals surface area contributed by atoms with Gasteiger partial charge >= 0.3 is 0 Å². The van der Waals surface area contributed by atoms with Gasteiger partial charge in [-0.25, -0.2) is 0 Å². The van der Waals surface area contributed by atoms with Crippen LogP contribution in [0.25, 0.3) is 0 Å². The number of rotatable bonds is 6. The Bertz CT molecular complexity index is 169. The summed E-state index contributed by atoms with van der Waals surface area (Å²) in [5.74, 6) is -0.476. The molecule has 5 nitrogen and oxygen atoms in total. The fourth-order valence-electron chi connectivity index (χ4n) is 0.936. The summed E-state index contributed by atoms with van der Waals surface area (Å²) >= 11 is 0. The highest BCUT2D eigenvalue weighted by Gasteiger charge is 2.27. The van der Waals surface area contributed by atoms with Crippen LogP contribution >= 0.6 is 0 Å². The molecule has 1 amide bonds. The van der Waals surface area contributed by atoms with Crippen molar-refractivity contribution in [2.24, 2.45) is 5.73 Å². The second-order valence-corrected chi connectivity index (χ2v) is 3.38. The lowest BCUT2D eigenvalue weighted by Crippen LogP contribution is -2.57. The molecular formula is C8H18N2O3. The average Bonchev–Trinajstić information content (AvgIpc) is 2.13. The summed E-state index contributed by atoms with van der Waals surface area (Å²) in [7, 11) is 0. The van der Waals surface area contributed by atoms with Crippen LogP contribution in [0.2, 0.25) is 0 Å². The van der Waals surface area contributed by atoms with E-state index in [1.165, 1.54) is 0 Å². The standard InChI is InChI=1S/C8H18N2O3/c1-3-6(7(9)13)10-8(2,4-11)5-12/h6,10-12H,3-5H2,1-2H3,(H2,9,13). The topological polar surface area (TPSA) is 95.6 Å². The Morgan fingerprint density at radius 2 is 2.00 bits per heavy atom. The minimum absolute atomic E-state index is 0.243. The van der Waals surface area contributed by atoms with E-state index in [2.05, 4.69) is 5.32 Å². The molecule has 5 heteroatoms. The van der Waals surface area contributed by atoms with Crippen molar-refractivity contribution < 1.29 is 15.0 Å². The minimum Gasteiger partial charge on any atom is -0.394 e. The van der Waals surface area contributed by atoms with E-state index in [-0.39, 0.29) is 13.2 Å². The van der Waals surface area contributed by atoms with Crippen molar-refractivity contribution in [3.05, 3.63) is 0 Å². The number of carbonyl (C=O) groups excluding carboxylic acids is 1. The van der Waals surface area contributed by atoms with Crippen LogP contribution in [0.15, 0.2) is 0 Å². The van der Waals surface area contributed by atoms with Gasteiger partial charge in [0.1, 0.15) is 0 Å². The summed E-state index contributed by atoms with van der Waals surface area (Å²) < 4.78 is 0. The molecule has 0 aromatic heterocycles. The molecule has 0 radical (unpaired) electrons. The molecule has 1 unspecified atom stereocenters. The van der Waals surface area contributed by atoms with E-state index in [0.29, 0.717) is 6.42 Å². The Balaban J connectivity index is 4.27. The predicted molar refractivity (Wildman–Crippen MR) is 49.0 cm³/mol. The number of carbonyl (C=O) groups is 1. The maximum atomic E-state index is 10.8. The van der Waals surface area contributed by atoms with E-state index in [0.717, 1.165) is 0 Å². The highest BCUT2D eigenvalue weighted by molar-refractivity contribution is 5.79. The molecule has 0 heterocycles. The molecule has 0 fully saturated rings. The summed E-state index contributed by atoms with van der Waals surface area (Å²) in [6.07, 6.45) is 0.533. The lowest BCUT2D eigenvalue weighted by Gasteiger charge is -2.30. The number of nitrogens with one attached hydrogen (secondary N) is 1. The van der Waals surface area contributed by atoms with E-state index < -0.39 is 17.5 Å². The molecule has 0 aliphatic rings. The first-order chi connectivity index (χ1) is 5.99. The molecule has 0 rings (SSSR count). The van der Waals surface area contributed by atoms with E-state index in [1.54, 1.807) is 13.8 Å². The molecule has 0 aromatic carbocycles. The third-order valence-corrected chi connectivity index (χ3v) is 1.97. The molecule has 13 heavy (non-hydrogen) atoms. The largest absolute Gasteiger partial charge is 0.394 e. The van der Waals surface area contributed by atoms with Gasteiger partial charge in [0.25, 0.3) is 0 Å². The van der Waals surface area contributed by atoms with Crippen molar-refractivity contribution in [1.82, 2.24) is 5.32 Å². The van der Waals surface area contributed by atoms with Gasteiger partial charge in [0, 0.05) is 0 Å². The molecule has 0 aliphatic carbocycles. The zero-order valence-corrected chi connectivity index (χ0v) is 8.08. The zero-order valence-electron chi connectivity index (χ0n) is 8.08. The lowest BCUT2D eigenvalue weighted by atomic mass is 10.0. The second kappa shape index (κ2) is 5.16. The Morgan fingerprint density at radius 1 is 1.54 bits per heavy atom. The Hall–Kier alpha value is -0.650. The van der Waals surface area contributed by atoms with E-state index in [4.69, 9.17) is 15.9 Å². The van der Waals surface area contributed by atoms with Crippen molar-refractivity contribution in [3.63, 3.8) is 0 Å². The van der Waals surface area contributed by atoms with Crippen LogP contribution < -0.4 is 11.1 Å². The van der Waals surface area contributed by atoms with Crippen molar-refractivity contribution in [3.8, 4) is 0 Å². The predicted octanol–water partition coefficient (Wildman–Crippen LogP) is -1.42. The molecule has 0 aromatic rings. The smallest absolute Gasteiger partial charge is 0.234 e. The van der Waals surface area contributed by atoms with Crippen LogP contribution in [-0.4, -0.2) is 40.9 Å². The summed E-state index contributed by atoms with van der Waals surface area (Å²) in [5, 5.41) is 20.7. The number of aliphatic hydroxyl groups excluding tert-OH is 2. The van der Waals surface area contributed by atoms with Gasteiger partial charge in [-0.2, -0.15) is 0 Å². The number of amides is 1. The number of aliphatic hydroxyl groups is 2. The molecule has 78 valence electrons. The van der Waals surface area contributed by atoms with E-state index in [9.17, 15) is 4.79 Å². The first kappa shape index (κ1) is 12.3. The van der Waals surface area contributed by atoms with Crippen LogP contribution in [-0.2, 0) is 4.79 Å². The van der Waals surface area contributed by atoms with Crippen LogP contribution in [0.5, 0.6) is 0 Å². The molecule has 0 spiro atoms. The summed E-state index contributed by atoms with van der Waals surface area (Å²) in [5.41, 5.74) is 4.25. The maximum Gasteiger partial charge on any atom is 0.234 e. The maximum absolute atomic E-state index is 10.8. The van der Waals surface area contributed by atoms with Gasteiger partial charge in [0.05, 0.1) is 24.8 Å². The van der Waals surface area contributed by atoms with Crippen molar-refractivity contribution >= 4 is 5.91 Å². The van der Waals surface area contributed by atoms with Crippen LogP contribution in [0.1, 0.15) is 20.3 Å². The third-order valence-electron chi connectivity index (χ3n) is 1.97. The highest BCUT2D eigenvalue weighted by Crippen LogP contribution is 2.04. The fraction of sp³-hybridized carbons (Fsp3) is 0.875. The summed E-state index contributed by atoms with van der Waals surface area (Å²) in [6, 6.07) is -0.510. The minimum atomic E-state index is -0.851. The lowest BCUT2D eigenvalue weighted by molar-refractivity contribution is -0.120. The monoisotopic (exact) mass is 190 g/mol. The molecule has 0 aliphatic heterocycles. The van der Waals surface area contributed by atoms with Gasteiger partial charge in [-0.05, 0) is 13.3 Å². The quantitative estimate of drug-likeness (QED) is 0.413. The fourth-order valence-corrected chi connectivity index (χ4v) is 0.936. The first-order valence-electron chi connectivity index (χ1n) is 4.28. The van der Waals surface area contributed by atoms with Gasteiger partial charge in [-0.1, -0.05) is 6.92 Å². The molecule has 1 atom stereocenters. The average molecular weight is 190 g/mol. The SMILES string of the molecule is CCC(NC(C)(CO)CO)C(N)=O. The highest BCUT2D eigenvalue weighted by atomic mass is 16.3. The summed E-state index contributed by atoms with van der Waals surface area (Å²) in [6.45, 7) is 2.94. The van der Waals surface area contributed by atoms with Crippen LogP contribution in [0, 0.1) is 0 Å². The van der Waals surface area contributed by atoms with Gasteiger partial charge in [-0.3, -0.25) is 10.1 Å². The second-order valence-electron chi connectivity index (χ2n) is 3.38. The number of hydrogen-bond donors (Lipinski definition) is 4. The van der Waals surface area contributed by atoms with Crippen molar-refractivity contribution in [2.45, 2.75) is 31.8 Å². The zero-order chi connectivity index (χ0) is 10.5. The van der Waals surface area contributed by atoms with Crippen LogP contribution in [0.4, 0.5) is 0 Å². The van der Waals surface area contributed by atoms with Gasteiger partial charge in [0.15, 0.2) is 0 Å². The number of nitrogens with two attached hydrogens (primary N) is 1. The van der Waals surface area contributed by atoms with Crippen LogP contribution in [0.3, 0.4) is 0 Å². The van der Waals surface area contributed by atoms with Crippen molar-refractivity contribution in [1.29, 1.82) is 0 Å². The molecule has 5 N–H and O–H groups in total. The Labute approximate surface area is 77.9 Å². The van der Waals surface area contributed by atoms with Crippen molar-refractivity contribution in [2.75, 3.05) is 13.2 Å². The van der Waals surface area contributed by atoms with E-state index in [1.807, 2.05) is 0 Å². The third kappa shape index (κ3) is 3.71. The number of primary amides is 1. The first-order valence-corrected chi connectivity index (χ1v) is 4.28. The molecule has 0 saturated heterocycles. The normalized spacial score (nSPS) is 14.2. The molecular weight excluding hydrogens is 172 g/mol. The van der Waals surface area contributed by atoms with E-state index >= 15 is 0 Å². The summed E-state index contributed by atoms with van der Waals surface area (Å²) in [4.78, 5) is 10.8. The Morgan fingerprint density at radius 3 is 2.23 bits per heavy atom.